The van der Waals surface area contributed by atoms with Gasteiger partial charge in [-0.2, -0.15) is 0 Å². The summed E-state index contributed by atoms with van der Waals surface area (Å²) in [6.45, 7) is 14.3. The van der Waals surface area contributed by atoms with Crippen molar-refractivity contribution in [1.82, 2.24) is 15.2 Å². The molecule has 2 aromatic rings. The van der Waals surface area contributed by atoms with Crippen LogP contribution in [0.5, 0.6) is 0 Å². The van der Waals surface area contributed by atoms with E-state index in [0.717, 1.165) is 31.7 Å². The molecule has 0 radical (unpaired) electrons. The van der Waals surface area contributed by atoms with E-state index in [0.29, 0.717) is 24.5 Å². The second kappa shape index (κ2) is 10.1. The van der Waals surface area contributed by atoms with Crippen LogP contribution in [-0.2, 0) is 15.4 Å². The lowest BCUT2D eigenvalue weighted by Gasteiger charge is -2.31. The maximum absolute atomic E-state index is 13.3. The Morgan fingerprint density at radius 1 is 1.12 bits per heavy atom. The highest BCUT2D eigenvalue weighted by molar-refractivity contribution is 7.92. The molecule has 3 rings (SSSR count). The Morgan fingerprint density at radius 2 is 1.73 bits per heavy atom. The van der Waals surface area contributed by atoms with Crippen molar-refractivity contribution >= 4 is 27.4 Å². The standard InChI is InChI=1S/C24H35N5O3S/c1-6-28(7-2)23(30)21-16-19(17-26-22(21)29-14-12-25-13-15-29)27-33(31,32)20-10-8-18(9-11-20)24(3,4)5/h8-11,16-17,25,27H,6-7,12-15H2,1-5H3. The number of sulfonamides is 1. The lowest BCUT2D eigenvalue weighted by atomic mass is 9.87. The van der Waals surface area contributed by atoms with E-state index < -0.39 is 10.0 Å². The van der Waals surface area contributed by atoms with Crippen LogP contribution in [0.25, 0.3) is 0 Å². The lowest BCUT2D eigenvalue weighted by Crippen LogP contribution is -2.45. The highest BCUT2D eigenvalue weighted by atomic mass is 32.2. The fourth-order valence-electron chi connectivity index (χ4n) is 3.83. The van der Waals surface area contributed by atoms with Gasteiger partial charge in [0.05, 0.1) is 22.3 Å². The number of benzene rings is 1. The first-order chi connectivity index (χ1) is 15.6. The molecule has 33 heavy (non-hydrogen) atoms. The van der Waals surface area contributed by atoms with Crippen molar-refractivity contribution in [3.05, 3.63) is 47.7 Å². The molecular weight excluding hydrogens is 438 g/mol. The first kappa shape index (κ1) is 25.0. The minimum atomic E-state index is -3.83. The van der Waals surface area contributed by atoms with E-state index in [-0.39, 0.29) is 21.9 Å². The number of piperazine rings is 1. The average molecular weight is 474 g/mol. The monoisotopic (exact) mass is 473 g/mol. The number of pyridine rings is 1. The van der Waals surface area contributed by atoms with Crippen LogP contribution in [-0.4, -0.2) is 63.5 Å². The summed E-state index contributed by atoms with van der Waals surface area (Å²) in [4.78, 5) is 21.7. The van der Waals surface area contributed by atoms with Crippen molar-refractivity contribution in [2.45, 2.75) is 44.9 Å². The Hall–Kier alpha value is -2.65. The molecule has 9 heteroatoms. The van der Waals surface area contributed by atoms with Crippen molar-refractivity contribution in [3.8, 4) is 0 Å². The Balaban J connectivity index is 1.94. The number of nitrogens with one attached hydrogen (secondary N) is 2. The zero-order valence-corrected chi connectivity index (χ0v) is 21.0. The van der Waals surface area contributed by atoms with Gasteiger partial charge in [0.15, 0.2) is 0 Å². The molecule has 1 fully saturated rings. The van der Waals surface area contributed by atoms with Gasteiger partial charge in [-0.1, -0.05) is 32.9 Å². The number of rotatable bonds is 7. The van der Waals surface area contributed by atoms with Crippen molar-refractivity contribution < 1.29 is 13.2 Å². The Bertz CT molecular complexity index is 1070. The Morgan fingerprint density at radius 3 is 2.27 bits per heavy atom. The molecule has 180 valence electrons. The van der Waals surface area contributed by atoms with Crippen LogP contribution >= 0.6 is 0 Å². The van der Waals surface area contributed by atoms with Crippen LogP contribution in [0.4, 0.5) is 11.5 Å². The third-order valence-electron chi connectivity index (χ3n) is 5.85. The zero-order chi connectivity index (χ0) is 24.2. The number of amides is 1. The number of hydrogen-bond donors (Lipinski definition) is 2. The van der Waals surface area contributed by atoms with Crippen LogP contribution < -0.4 is 14.9 Å². The van der Waals surface area contributed by atoms with Crippen molar-refractivity contribution in [2.24, 2.45) is 0 Å². The molecular formula is C24H35N5O3S. The van der Waals surface area contributed by atoms with Gasteiger partial charge in [-0.05, 0) is 43.0 Å². The normalized spacial score (nSPS) is 14.8. The van der Waals surface area contributed by atoms with E-state index in [4.69, 9.17) is 0 Å². The van der Waals surface area contributed by atoms with Crippen molar-refractivity contribution in [2.75, 3.05) is 48.9 Å². The number of aromatic nitrogens is 1. The molecule has 0 spiro atoms. The molecule has 1 saturated heterocycles. The quantitative estimate of drug-likeness (QED) is 0.642. The van der Waals surface area contributed by atoms with E-state index in [1.807, 2.05) is 26.0 Å². The summed E-state index contributed by atoms with van der Waals surface area (Å²) >= 11 is 0. The van der Waals surface area contributed by atoms with Crippen LogP contribution in [0, 0.1) is 0 Å². The summed E-state index contributed by atoms with van der Waals surface area (Å²) < 4.78 is 28.6. The molecule has 1 aromatic carbocycles. The van der Waals surface area contributed by atoms with Gasteiger partial charge < -0.3 is 15.1 Å². The fourth-order valence-corrected chi connectivity index (χ4v) is 4.86. The first-order valence-corrected chi connectivity index (χ1v) is 12.9. The molecule has 8 nitrogen and oxygen atoms in total. The van der Waals surface area contributed by atoms with E-state index in [2.05, 4.69) is 40.7 Å². The second-order valence-electron chi connectivity index (χ2n) is 9.19. The third kappa shape index (κ3) is 5.83. The van der Waals surface area contributed by atoms with Crippen LogP contribution in [0.2, 0.25) is 0 Å². The number of carbonyl (C=O) groups excluding carboxylic acids is 1. The molecule has 1 aliphatic heterocycles. The van der Waals surface area contributed by atoms with Gasteiger partial charge in [0.25, 0.3) is 15.9 Å². The zero-order valence-electron chi connectivity index (χ0n) is 20.2. The van der Waals surface area contributed by atoms with E-state index in [9.17, 15) is 13.2 Å². The van der Waals surface area contributed by atoms with Crippen molar-refractivity contribution in [3.63, 3.8) is 0 Å². The van der Waals surface area contributed by atoms with Gasteiger partial charge in [0.2, 0.25) is 0 Å². The molecule has 0 bridgehead atoms. The lowest BCUT2D eigenvalue weighted by molar-refractivity contribution is 0.0773. The average Bonchev–Trinajstić information content (AvgIpc) is 2.79. The summed E-state index contributed by atoms with van der Waals surface area (Å²) in [6.07, 6.45) is 1.48. The number of anilines is 2. The topological polar surface area (TPSA) is 94.6 Å². The SMILES string of the molecule is CCN(CC)C(=O)c1cc(NS(=O)(=O)c2ccc(C(C)(C)C)cc2)cnc1N1CCNCC1. The molecule has 0 aliphatic carbocycles. The van der Waals surface area contributed by atoms with Crippen LogP contribution in [0.1, 0.15) is 50.5 Å². The summed E-state index contributed by atoms with van der Waals surface area (Å²) in [5.41, 5.74) is 1.66. The van der Waals surface area contributed by atoms with E-state index >= 15 is 0 Å². The predicted octanol–water partition coefficient (Wildman–Crippen LogP) is 3.07. The molecule has 1 aromatic heterocycles. The molecule has 0 atom stereocenters. The highest BCUT2D eigenvalue weighted by Gasteiger charge is 2.25. The molecule has 0 saturated carbocycles. The second-order valence-corrected chi connectivity index (χ2v) is 10.9. The number of hydrogen-bond acceptors (Lipinski definition) is 6. The summed E-state index contributed by atoms with van der Waals surface area (Å²) in [5.74, 6) is 0.433. The van der Waals surface area contributed by atoms with Gasteiger partial charge in [-0.25, -0.2) is 13.4 Å². The predicted molar refractivity (Wildman–Crippen MR) is 133 cm³/mol. The molecule has 2 N–H and O–H groups in total. The summed E-state index contributed by atoms with van der Waals surface area (Å²) in [6, 6.07) is 8.47. The Kier molecular flexibility index (Phi) is 7.64. The third-order valence-corrected chi connectivity index (χ3v) is 7.24. The number of carbonyl (C=O) groups is 1. The van der Waals surface area contributed by atoms with Crippen molar-refractivity contribution in [1.29, 1.82) is 0 Å². The van der Waals surface area contributed by atoms with Gasteiger partial charge in [-0.15, -0.1) is 0 Å². The molecule has 2 heterocycles. The molecule has 0 unspecified atom stereocenters. The minimum absolute atomic E-state index is 0.0703. The van der Waals surface area contributed by atoms with Gasteiger partial charge in [0, 0.05) is 39.3 Å². The first-order valence-electron chi connectivity index (χ1n) is 11.4. The van der Waals surface area contributed by atoms with Crippen LogP contribution in [0.3, 0.4) is 0 Å². The molecule has 1 amide bonds. The molecule has 1 aliphatic rings. The van der Waals surface area contributed by atoms with Crippen LogP contribution in [0.15, 0.2) is 41.4 Å². The maximum atomic E-state index is 13.3. The van der Waals surface area contributed by atoms with E-state index in [1.165, 1.54) is 6.20 Å². The Labute approximate surface area is 197 Å². The summed E-state index contributed by atoms with van der Waals surface area (Å²) in [7, 11) is -3.83. The fraction of sp³-hybridized carbons (Fsp3) is 0.500. The van der Waals surface area contributed by atoms with Gasteiger partial charge in [0.1, 0.15) is 5.82 Å². The van der Waals surface area contributed by atoms with Gasteiger partial charge >= 0.3 is 0 Å². The minimum Gasteiger partial charge on any atom is -0.353 e. The van der Waals surface area contributed by atoms with Gasteiger partial charge in [-0.3, -0.25) is 9.52 Å². The van der Waals surface area contributed by atoms with E-state index in [1.54, 1.807) is 23.1 Å². The smallest absolute Gasteiger partial charge is 0.261 e. The maximum Gasteiger partial charge on any atom is 0.261 e. The highest BCUT2D eigenvalue weighted by Crippen LogP contribution is 2.27. The number of nitrogens with zero attached hydrogens (tertiary/aromatic N) is 3. The largest absolute Gasteiger partial charge is 0.353 e. The summed E-state index contributed by atoms with van der Waals surface area (Å²) in [5, 5.41) is 3.30.